The number of ether oxygens (including phenoxy) is 2. The Morgan fingerprint density at radius 1 is 1.00 bits per heavy atom. The highest BCUT2D eigenvalue weighted by Crippen LogP contribution is 2.30. The molecule has 0 unspecified atom stereocenters. The summed E-state index contributed by atoms with van der Waals surface area (Å²) >= 11 is 0. The summed E-state index contributed by atoms with van der Waals surface area (Å²) in [5.41, 5.74) is 0.405. The van der Waals surface area contributed by atoms with Crippen LogP contribution in [0, 0.1) is 0 Å². The number of nitrogens with one attached hydrogen (secondary N) is 2. The highest BCUT2D eigenvalue weighted by atomic mass is 16.5. The number of piperidine rings is 1. The van der Waals surface area contributed by atoms with E-state index in [2.05, 4.69) is 38.3 Å². The zero-order valence-corrected chi connectivity index (χ0v) is 18.6. The Bertz CT molecular complexity index is 950. The molecular weight excluding hydrogens is 396 g/mol. The van der Waals surface area contributed by atoms with Gasteiger partial charge in [0.05, 0.1) is 7.11 Å². The highest BCUT2D eigenvalue weighted by molar-refractivity contribution is 5.94. The molecule has 1 amide bonds. The third kappa shape index (κ3) is 5.76. The molecule has 1 fully saturated rings. The van der Waals surface area contributed by atoms with Crippen molar-refractivity contribution in [1.29, 1.82) is 0 Å². The van der Waals surface area contributed by atoms with E-state index < -0.39 is 5.97 Å². The molecule has 7 heteroatoms. The summed E-state index contributed by atoms with van der Waals surface area (Å²) in [6, 6.07) is 11.3. The van der Waals surface area contributed by atoms with Crippen LogP contribution in [0.25, 0.3) is 0 Å². The van der Waals surface area contributed by atoms with Gasteiger partial charge < -0.3 is 25.2 Å². The molecule has 166 valence electrons. The van der Waals surface area contributed by atoms with E-state index in [1.54, 1.807) is 36.4 Å². The topological polar surface area (TPSA) is 96.9 Å². The number of rotatable bonds is 6. The molecule has 0 saturated carbocycles. The van der Waals surface area contributed by atoms with E-state index in [1.165, 1.54) is 13.2 Å². The number of benzene rings is 2. The first-order chi connectivity index (χ1) is 14.5. The zero-order chi connectivity index (χ0) is 22.8. The highest BCUT2D eigenvalue weighted by Gasteiger charge is 2.38. The summed E-state index contributed by atoms with van der Waals surface area (Å²) in [5.74, 6) is -0.183. The molecule has 0 aromatic heterocycles. The predicted octanol–water partition coefficient (Wildman–Crippen LogP) is 4.22. The van der Waals surface area contributed by atoms with Gasteiger partial charge in [-0.25, -0.2) is 4.79 Å². The van der Waals surface area contributed by atoms with Crippen LogP contribution in [0.4, 0.5) is 0 Å². The van der Waals surface area contributed by atoms with E-state index in [1.807, 2.05) is 0 Å². The molecule has 0 aliphatic carbocycles. The van der Waals surface area contributed by atoms with Gasteiger partial charge in [-0.05, 0) is 83.0 Å². The van der Waals surface area contributed by atoms with E-state index in [9.17, 15) is 14.7 Å². The van der Waals surface area contributed by atoms with Crippen LogP contribution in [0.1, 0.15) is 61.3 Å². The smallest absolute Gasteiger partial charge is 0.339 e. The van der Waals surface area contributed by atoms with Crippen molar-refractivity contribution >= 4 is 11.9 Å². The number of amides is 1. The number of methoxy groups -OCH3 is 1. The lowest BCUT2D eigenvalue weighted by atomic mass is 9.79. The molecule has 31 heavy (non-hydrogen) atoms. The number of hydrogen-bond donors (Lipinski definition) is 3. The van der Waals surface area contributed by atoms with Gasteiger partial charge >= 0.3 is 5.97 Å². The Labute approximate surface area is 182 Å². The minimum absolute atomic E-state index is 0.00249. The van der Waals surface area contributed by atoms with Crippen molar-refractivity contribution in [3.8, 4) is 17.2 Å². The van der Waals surface area contributed by atoms with Gasteiger partial charge in [0.1, 0.15) is 22.8 Å². The second-order valence-corrected chi connectivity index (χ2v) is 9.27. The van der Waals surface area contributed by atoms with Gasteiger partial charge in [-0.2, -0.15) is 0 Å². The third-order valence-electron chi connectivity index (χ3n) is 5.29. The standard InChI is InChI=1S/C24H30N2O5/c1-23(2)13-16(14-24(3,4)26-23)25-21(27)15-6-8-17(9-7-15)31-20-11-10-18(30-5)12-19(20)22(28)29/h6-12,16,26H,13-14H2,1-5H3,(H,25,27)(H,28,29). The molecule has 2 aromatic carbocycles. The van der Waals surface area contributed by atoms with Gasteiger partial charge in [-0.15, -0.1) is 0 Å². The molecule has 7 nitrogen and oxygen atoms in total. The predicted molar refractivity (Wildman–Crippen MR) is 118 cm³/mol. The largest absolute Gasteiger partial charge is 0.497 e. The lowest BCUT2D eigenvalue weighted by molar-refractivity contribution is 0.0693. The first-order valence-corrected chi connectivity index (χ1v) is 10.3. The number of carboxylic acid groups (broad SMARTS) is 1. The fourth-order valence-electron chi connectivity index (χ4n) is 4.39. The second kappa shape index (κ2) is 8.59. The summed E-state index contributed by atoms with van der Waals surface area (Å²) in [6.45, 7) is 8.57. The van der Waals surface area contributed by atoms with Gasteiger partial charge in [-0.1, -0.05) is 0 Å². The van der Waals surface area contributed by atoms with Gasteiger partial charge in [-0.3, -0.25) is 4.79 Å². The van der Waals surface area contributed by atoms with Gasteiger partial charge in [0, 0.05) is 22.7 Å². The maximum absolute atomic E-state index is 12.8. The molecule has 3 N–H and O–H groups in total. The molecular formula is C24H30N2O5. The normalized spacial score (nSPS) is 17.6. The zero-order valence-electron chi connectivity index (χ0n) is 18.6. The van der Waals surface area contributed by atoms with Crippen LogP contribution in [-0.4, -0.2) is 41.2 Å². The molecule has 0 atom stereocenters. The second-order valence-electron chi connectivity index (χ2n) is 9.27. The number of carbonyl (C=O) groups is 2. The molecule has 0 bridgehead atoms. The van der Waals surface area contributed by atoms with E-state index in [4.69, 9.17) is 9.47 Å². The van der Waals surface area contributed by atoms with Crippen LogP contribution < -0.4 is 20.1 Å². The van der Waals surface area contributed by atoms with Gasteiger partial charge in [0.2, 0.25) is 0 Å². The SMILES string of the molecule is COc1ccc(Oc2ccc(C(=O)NC3CC(C)(C)NC(C)(C)C3)cc2)c(C(=O)O)c1. The van der Waals surface area contributed by atoms with Crippen LogP contribution in [-0.2, 0) is 0 Å². The monoisotopic (exact) mass is 426 g/mol. The fourth-order valence-corrected chi connectivity index (χ4v) is 4.39. The van der Waals surface area contributed by atoms with Crippen molar-refractivity contribution in [1.82, 2.24) is 10.6 Å². The van der Waals surface area contributed by atoms with Crippen LogP contribution in [0.3, 0.4) is 0 Å². The number of aromatic carboxylic acids is 1. The molecule has 0 spiro atoms. The van der Waals surface area contributed by atoms with Crippen molar-refractivity contribution in [3.63, 3.8) is 0 Å². The maximum atomic E-state index is 12.8. The Morgan fingerprint density at radius 3 is 2.13 bits per heavy atom. The Balaban J connectivity index is 1.69. The molecule has 2 aromatic rings. The summed E-state index contributed by atoms with van der Waals surface area (Å²) < 4.78 is 10.8. The average molecular weight is 427 g/mol. The summed E-state index contributed by atoms with van der Waals surface area (Å²) in [4.78, 5) is 24.3. The van der Waals surface area contributed by atoms with Gasteiger partial charge in [0.25, 0.3) is 5.91 Å². The molecule has 1 aliphatic rings. The first-order valence-electron chi connectivity index (χ1n) is 10.3. The van der Waals surface area contributed by atoms with Crippen molar-refractivity contribution < 1.29 is 24.2 Å². The summed E-state index contributed by atoms with van der Waals surface area (Å²) in [6.07, 6.45) is 1.69. The molecule has 1 heterocycles. The lowest BCUT2D eigenvalue weighted by Gasteiger charge is -2.46. The van der Waals surface area contributed by atoms with E-state index in [-0.39, 0.29) is 34.3 Å². The maximum Gasteiger partial charge on any atom is 0.339 e. The number of carbonyl (C=O) groups excluding carboxylic acids is 1. The van der Waals surface area contributed by atoms with Crippen molar-refractivity contribution in [2.75, 3.05) is 7.11 Å². The summed E-state index contributed by atoms with van der Waals surface area (Å²) in [5, 5.41) is 16.2. The summed E-state index contributed by atoms with van der Waals surface area (Å²) in [7, 11) is 1.47. The third-order valence-corrected chi connectivity index (χ3v) is 5.29. The van der Waals surface area contributed by atoms with E-state index in [0.29, 0.717) is 17.1 Å². The molecule has 1 aliphatic heterocycles. The lowest BCUT2D eigenvalue weighted by Crippen LogP contribution is -2.62. The minimum Gasteiger partial charge on any atom is -0.497 e. The van der Waals surface area contributed by atoms with E-state index >= 15 is 0 Å². The minimum atomic E-state index is -1.11. The van der Waals surface area contributed by atoms with Crippen LogP contribution in [0.5, 0.6) is 17.2 Å². The van der Waals surface area contributed by atoms with Crippen LogP contribution in [0.15, 0.2) is 42.5 Å². The molecule has 3 rings (SSSR count). The number of hydrogen-bond acceptors (Lipinski definition) is 5. The van der Waals surface area contributed by atoms with E-state index in [0.717, 1.165) is 12.8 Å². The van der Waals surface area contributed by atoms with Crippen LogP contribution in [0.2, 0.25) is 0 Å². The Kier molecular flexibility index (Phi) is 6.27. The van der Waals surface area contributed by atoms with Crippen LogP contribution >= 0.6 is 0 Å². The molecule has 0 radical (unpaired) electrons. The fraction of sp³-hybridized carbons (Fsp3) is 0.417. The Morgan fingerprint density at radius 2 is 1.58 bits per heavy atom. The van der Waals surface area contributed by atoms with Crippen molar-refractivity contribution in [2.24, 2.45) is 0 Å². The average Bonchev–Trinajstić information content (AvgIpc) is 2.66. The quantitative estimate of drug-likeness (QED) is 0.640. The Hall–Kier alpha value is -3.06. The molecule has 1 saturated heterocycles. The van der Waals surface area contributed by atoms with Gasteiger partial charge in [0.15, 0.2) is 0 Å². The first kappa shape index (κ1) is 22.6. The number of carboxylic acids is 1. The van der Waals surface area contributed by atoms with Crippen molar-refractivity contribution in [3.05, 3.63) is 53.6 Å². The van der Waals surface area contributed by atoms with Crippen molar-refractivity contribution in [2.45, 2.75) is 57.7 Å².